The molecule has 0 aliphatic carbocycles. The summed E-state index contributed by atoms with van der Waals surface area (Å²) in [6.45, 7) is 10.4. The summed E-state index contributed by atoms with van der Waals surface area (Å²) in [4.78, 5) is 0. The highest BCUT2D eigenvalue weighted by molar-refractivity contribution is 5.07. The molecule has 0 saturated heterocycles. The van der Waals surface area contributed by atoms with Crippen LogP contribution < -0.4 is 0 Å². The zero-order valence-electron chi connectivity index (χ0n) is 9.70. The fourth-order valence-electron chi connectivity index (χ4n) is 1.32. The van der Waals surface area contributed by atoms with E-state index >= 15 is 0 Å². The molecule has 0 aliphatic heterocycles. The highest BCUT2D eigenvalue weighted by atomic mass is 16.3. The number of hydrogen-bond donors (Lipinski definition) is 1. The second-order valence-electron chi connectivity index (χ2n) is 4.60. The molecule has 1 unspecified atom stereocenters. The number of hydrogen-bond acceptors (Lipinski definition) is 2. The Morgan fingerprint density at radius 3 is 2.43 bits per heavy atom. The van der Waals surface area contributed by atoms with Gasteiger partial charge in [0.25, 0.3) is 0 Å². The minimum Gasteiger partial charge on any atom is -0.388 e. The lowest BCUT2D eigenvalue weighted by atomic mass is 9.92. The van der Waals surface area contributed by atoms with Crippen LogP contribution >= 0.6 is 0 Å². The molecule has 3 heteroatoms. The van der Waals surface area contributed by atoms with Crippen LogP contribution in [0.5, 0.6) is 0 Å². The molecule has 0 fully saturated rings. The van der Waals surface area contributed by atoms with Crippen molar-refractivity contribution in [3.63, 3.8) is 0 Å². The Hall–Kier alpha value is -0.830. The van der Waals surface area contributed by atoms with Gasteiger partial charge in [-0.1, -0.05) is 13.8 Å². The van der Waals surface area contributed by atoms with E-state index in [1.54, 1.807) is 0 Å². The quantitative estimate of drug-likeness (QED) is 0.802. The summed E-state index contributed by atoms with van der Waals surface area (Å²) in [5.41, 5.74) is 1.41. The van der Waals surface area contributed by atoms with Gasteiger partial charge in [-0.3, -0.25) is 4.68 Å². The van der Waals surface area contributed by atoms with Crippen LogP contribution in [-0.4, -0.2) is 20.5 Å². The third-order valence-corrected chi connectivity index (χ3v) is 2.82. The standard InChI is InChI=1S/C11H20N2O/c1-8(2)11(5,14)7-13-10(4)6-9(3)12-13/h6,8,14H,7H2,1-5H3. The molecule has 14 heavy (non-hydrogen) atoms. The van der Waals surface area contributed by atoms with E-state index in [0.717, 1.165) is 11.4 Å². The van der Waals surface area contributed by atoms with Crippen LogP contribution in [-0.2, 0) is 6.54 Å². The lowest BCUT2D eigenvalue weighted by Crippen LogP contribution is -2.36. The molecule has 0 aliphatic rings. The maximum Gasteiger partial charge on any atom is 0.0837 e. The number of aryl methyl sites for hydroxylation is 2. The van der Waals surface area contributed by atoms with Gasteiger partial charge in [-0.05, 0) is 32.8 Å². The predicted molar refractivity (Wildman–Crippen MR) is 57.2 cm³/mol. The molecule has 0 radical (unpaired) electrons. The minimum absolute atomic E-state index is 0.228. The highest BCUT2D eigenvalue weighted by Gasteiger charge is 2.26. The Bertz CT molecular complexity index is 313. The van der Waals surface area contributed by atoms with Crippen LogP contribution in [0.3, 0.4) is 0 Å². The summed E-state index contributed by atoms with van der Waals surface area (Å²) in [5, 5.41) is 14.5. The molecule has 0 saturated carbocycles. The molecule has 1 atom stereocenters. The minimum atomic E-state index is -0.691. The summed E-state index contributed by atoms with van der Waals surface area (Å²) in [5.74, 6) is 0.228. The molecule has 80 valence electrons. The van der Waals surface area contributed by atoms with Gasteiger partial charge in [0.05, 0.1) is 17.8 Å². The number of nitrogens with zero attached hydrogens (tertiary/aromatic N) is 2. The van der Waals surface area contributed by atoms with Crippen molar-refractivity contribution in [1.29, 1.82) is 0 Å². The summed E-state index contributed by atoms with van der Waals surface area (Å²) < 4.78 is 1.87. The Morgan fingerprint density at radius 1 is 1.50 bits per heavy atom. The molecule has 0 aromatic carbocycles. The van der Waals surface area contributed by atoms with Crippen molar-refractivity contribution in [1.82, 2.24) is 9.78 Å². The first kappa shape index (κ1) is 11.2. The van der Waals surface area contributed by atoms with Gasteiger partial charge in [0, 0.05) is 5.69 Å². The summed E-state index contributed by atoms with van der Waals surface area (Å²) in [6, 6.07) is 2.02. The van der Waals surface area contributed by atoms with E-state index in [9.17, 15) is 5.11 Å². The smallest absolute Gasteiger partial charge is 0.0837 e. The van der Waals surface area contributed by atoms with Crippen LogP contribution in [0.15, 0.2) is 6.07 Å². The van der Waals surface area contributed by atoms with Gasteiger partial charge in [-0.15, -0.1) is 0 Å². The maximum absolute atomic E-state index is 10.1. The highest BCUT2D eigenvalue weighted by Crippen LogP contribution is 2.19. The van der Waals surface area contributed by atoms with E-state index in [-0.39, 0.29) is 5.92 Å². The second-order valence-corrected chi connectivity index (χ2v) is 4.60. The van der Waals surface area contributed by atoms with Crippen molar-refractivity contribution in [2.24, 2.45) is 5.92 Å². The maximum atomic E-state index is 10.1. The number of aromatic nitrogens is 2. The first-order valence-corrected chi connectivity index (χ1v) is 5.06. The summed E-state index contributed by atoms with van der Waals surface area (Å²) >= 11 is 0. The first-order chi connectivity index (χ1) is 6.33. The fourth-order valence-corrected chi connectivity index (χ4v) is 1.32. The van der Waals surface area contributed by atoms with E-state index in [1.807, 2.05) is 45.4 Å². The van der Waals surface area contributed by atoms with Gasteiger partial charge in [-0.2, -0.15) is 5.10 Å². The van der Waals surface area contributed by atoms with Gasteiger partial charge < -0.3 is 5.11 Å². The molecule has 1 rings (SSSR count). The van der Waals surface area contributed by atoms with Crippen molar-refractivity contribution in [3.8, 4) is 0 Å². The molecule has 1 aromatic rings. The van der Waals surface area contributed by atoms with E-state index in [4.69, 9.17) is 0 Å². The van der Waals surface area contributed by atoms with Gasteiger partial charge in [-0.25, -0.2) is 0 Å². The van der Waals surface area contributed by atoms with E-state index in [0.29, 0.717) is 6.54 Å². The molecule has 0 spiro atoms. The molecular formula is C11H20N2O. The molecule has 0 amide bonds. The van der Waals surface area contributed by atoms with Gasteiger partial charge in [0.2, 0.25) is 0 Å². The van der Waals surface area contributed by atoms with Crippen LogP contribution in [0.4, 0.5) is 0 Å². The van der Waals surface area contributed by atoms with Gasteiger partial charge in [0.1, 0.15) is 0 Å². The Kier molecular flexibility index (Phi) is 3.00. The lowest BCUT2D eigenvalue weighted by Gasteiger charge is -2.27. The SMILES string of the molecule is Cc1cc(C)n(CC(C)(O)C(C)C)n1. The lowest BCUT2D eigenvalue weighted by molar-refractivity contribution is -0.00623. The average Bonchev–Trinajstić information content (AvgIpc) is 2.29. The van der Waals surface area contributed by atoms with Crippen LogP contribution in [0.2, 0.25) is 0 Å². The van der Waals surface area contributed by atoms with Crippen molar-refractivity contribution < 1.29 is 5.11 Å². The average molecular weight is 196 g/mol. The van der Waals surface area contributed by atoms with Crippen LogP contribution in [0, 0.1) is 19.8 Å². The summed E-state index contributed by atoms with van der Waals surface area (Å²) in [6.07, 6.45) is 0. The van der Waals surface area contributed by atoms with Crippen molar-refractivity contribution in [3.05, 3.63) is 17.5 Å². The predicted octanol–water partition coefficient (Wildman–Crippen LogP) is 1.91. The molecule has 1 heterocycles. The van der Waals surface area contributed by atoms with Crippen LogP contribution in [0.1, 0.15) is 32.2 Å². The molecule has 3 nitrogen and oxygen atoms in total. The third kappa shape index (κ3) is 2.35. The molecule has 0 bridgehead atoms. The normalized spacial score (nSPS) is 15.9. The topological polar surface area (TPSA) is 38.0 Å². The monoisotopic (exact) mass is 196 g/mol. The zero-order chi connectivity index (χ0) is 10.9. The van der Waals surface area contributed by atoms with Crippen molar-refractivity contribution >= 4 is 0 Å². The third-order valence-electron chi connectivity index (χ3n) is 2.82. The van der Waals surface area contributed by atoms with Crippen molar-refractivity contribution in [2.75, 3.05) is 0 Å². The van der Waals surface area contributed by atoms with E-state index < -0.39 is 5.60 Å². The number of aliphatic hydroxyl groups is 1. The van der Waals surface area contributed by atoms with Gasteiger partial charge >= 0.3 is 0 Å². The first-order valence-electron chi connectivity index (χ1n) is 5.06. The fraction of sp³-hybridized carbons (Fsp3) is 0.727. The molecule has 1 aromatic heterocycles. The Balaban J connectivity index is 2.83. The van der Waals surface area contributed by atoms with E-state index in [2.05, 4.69) is 5.10 Å². The van der Waals surface area contributed by atoms with E-state index in [1.165, 1.54) is 0 Å². The van der Waals surface area contributed by atoms with Crippen LogP contribution in [0.25, 0.3) is 0 Å². The number of rotatable bonds is 3. The Morgan fingerprint density at radius 2 is 2.07 bits per heavy atom. The Labute approximate surface area is 85.8 Å². The van der Waals surface area contributed by atoms with Gasteiger partial charge in [0.15, 0.2) is 0 Å². The van der Waals surface area contributed by atoms with Crippen molar-refractivity contribution in [2.45, 2.75) is 46.8 Å². The summed E-state index contributed by atoms with van der Waals surface area (Å²) in [7, 11) is 0. The molecular weight excluding hydrogens is 176 g/mol. The largest absolute Gasteiger partial charge is 0.388 e. The second kappa shape index (κ2) is 3.73. The zero-order valence-corrected chi connectivity index (χ0v) is 9.70. The molecule has 1 N–H and O–H groups in total.